The molecule has 4 rings (SSSR count). The molecule has 0 saturated heterocycles. The highest BCUT2D eigenvalue weighted by Crippen LogP contribution is 2.32. The molecule has 1 N–H and O–H groups in total. The molecule has 0 aliphatic carbocycles. The first-order chi connectivity index (χ1) is 16.5. The van der Waals surface area contributed by atoms with Gasteiger partial charge in [0.2, 0.25) is 5.91 Å². The fourth-order valence-electron chi connectivity index (χ4n) is 4.40. The molecule has 1 aliphatic heterocycles. The Morgan fingerprint density at radius 1 is 1.06 bits per heavy atom. The van der Waals surface area contributed by atoms with E-state index >= 15 is 0 Å². The number of thioether (sulfide) groups is 1. The summed E-state index contributed by atoms with van der Waals surface area (Å²) in [6.07, 6.45) is 4.86. The van der Waals surface area contributed by atoms with Crippen molar-refractivity contribution in [2.75, 3.05) is 31.2 Å². The van der Waals surface area contributed by atoms with E-state index in [4.69, 9.17) is 0 Å². The van der Waals surface area contributed by atoms with E-state index in [9.17, 15) is 9.59 Å². The number of nitrogens with zero attached hydrogens (tertiary/aromatic N) is 3. The lowest BCUT2D eigenvalue weighted by molar-refractivity contribution is -0.134. The number of hydrogen-bond donors (Lipinski definition) is 1. The Morgan fingerprint density at radius 3 is 2.47 bits per heavy atom. The lowest BCUT2D eigenvalue weighted by Gasteiger charge is -2.38. The highest BCUT2D eigenvalue weighted by molar-refractivity contribution is 7.98. The number of aryl methyl sites for hydroxylation is 1. The maximum Gasteiger partial charge on any atom is 0.322 e. The van der Waals surface area contributed by atoms with Crippen molar-refractivity contribution in [1.82, 2.24) is 14.4 Å². The van der Waals surface area contributed by atoms with E-state index in [1.165, 1.54) is 5.56 Å². The molecule has 7 heteroatoms. The lowest BCUT2D eigenvalue weighted by Crippen LogP contribution is -2.48. The van der Waals surface area contributed by atoms with Crippen LogP contribution in [0, 0.1) is 6.92 Å². The fourth-order valence-corrected chi connectivity index (χ4v) is 4.81. The van der Waals surface area contributed by atoms with Gasteiger partial charge in [0.25, 0.3) is 0 Å². The van der Waals surface area contributed by atoms with Gasteiger partial charge in [-0.15, -0.1) is 11.8 Å². The summed E-state index contributed by atoms with van der Waals surface area (Å²) in [6.45, 7) is 5.99. The molecule has 6 nitrogen and oxygen atoms in total. The van der Waals surface area contributed by atoms with Gasteiger partial charge >= 0.3 is 6.03 Å². The topological polar surface area (TPSA) is 57.6 Å². The number of amides is 3. The van der Waals surface area contributed by atoms with E-state index in [-0.39, 0.29) is 24.5 Å². The molecule has 34 heavy (non-hydrogen) atoms. The van der Waals surface area contributed by atoms with E-state index in [2.05, 4.69) is 53.3 Å². The van der Waals surface area contributed by atoms with Crippen molar-refractivity contribution < 1.29 is 9.59 Å². The summed E-state index contributed by atoms with van der Waals surface area (Å²) in [7, 11) is 0. The van der Waals surface area contributed by atoms with Crippen LogP contribution in [0.4, 0.5) is 10.5 Å². The number of carbonyl (C=O) groups excluding carboxylic acids is 2. The summed E-state index contributed by atoms with van der Waals surface area (Å²) < 4.78 is 2.21. The van der Waals surface area contributed by atoms with E-state index < -0.39 is 0 Å². The minimum absolute atomic E-state index is 0.0423. The summed E-state index contributed by atoms with van der Waals surface area (Å²) in [5.41, 5.74) is 4.09. The molecule has 0 bridgehead atoms. The maximum absolute atomic E-state index is 13.6. The smallest absolute Gasteiger partial charge is 0.322 e. The number of hydrogen-bond acceptors (Lipinski definition) is 3. The molecule has 0 saturated carbocycles. The van der Waals surface area contributed by atoms with Crippen molar-refractivity contribution in [3.05, 3.63) is 83.7 Å². The Labute approximate surface area is 205 Å². The van der Waals surface area contributed by atoms with Crippen LogP contribution in [-0.2, 0) is 11.3 Å². The minimum atomic E-state index is -0.251. The monoisotopic (exact) mass is 476 g/mol. The van der Waals surface area contributed by atoms with Gasteiger partial charge in [-0.05, 0) is 61.6 Å². The largest absolute Gasteiger partial charge is 0.348 e. The molecular formula is C27H32N4O2S. The van der Waals surface area contributed by atoms with Gasteiger partial charge < -0.3 is 19.7 Å². The van der Waals surface area contributed by atoms with Gasteiger partial charge in [-0.3, -0.25) is 4.79 Å². The van der Waals surface area contributed by atoms with Crippen LogP contribution in [0.1, 0.15) is 36.2 Å². The normalized spacial score (nSPS) is 15.0. The molecule has 3 amide bonds. The molecule has 2 heterocycles. The number of aromatic nitrogens is 1. The number of nitrogens with one attached hydrogen (secondary N) is 1. The van der Waals surface area contributed by atoms with Crippen LogP contribution in [0.2, 0.25) is 0 Å². The zero-order valence-corrected chi connectivity index (χ0v) is 20.8. The first-order valence-corrected chi connectivity index (χ1v) is 12.9. The van der Waals surface area contributed by atoms with Gasteiger partial charge in [-0.1, -0.05) is 36.8 Å². The number of carbonyl (C=O) groups is 2. The third-order valence-electron chi connectivity index (χ3n) is 6.20. The average Bonchev–Trinajstić information content (AvgIpc) is 3.33. The fraction of sp³-hybridized carbons (Fsp3) is 0.333. The molecule has 2 aromatic carbocycles. The highest BCUT2D eigenvalue weighted by Gasteiger charge is 2.33. The molecule has 1 atom stereocenters. The van der Waals surface area contributed by atoms with Gasteiger partial charge in [0, 0.05) is 42.1 Å². The SMILES string of the molecule is CCCN(CC(=O)N1CCn2cccc2C1c1ccc(C)cc1)C(=O)Nc1ccc(SC)cc1. The number of urea groups is 1. The van der Waals surface area contributed by atoms with Gasteiger partial charge in [-0.25, -0.2) is 4.79 Å². The number of benzene rings is 2. The van der Waals surface area contributed by atoms with Crippen LogP contribution >= 0.6 is 11.8 Å². The van der Waals surface area contributed by atoms with E-state index in [0.717, 1.165) is 34.8 Å². The van der Waals surface area contributed by atoms with Crippen LogP contribution in [-0.4, -0.2) is 52.2 Å². The van der Waals surface area contributed by atoms with Crippen molar-refractivity contribution in [3.8, 4) is 0 Å². The second-order valence-electron chi connectivity index (χ2n) is 8.61. The van der Waals surface area contributed by atoms with Gasteiger partial charge in [0.1, 0.15) is 6.54 Å². The number of fused-ring (bicyclic) bond motifs is 1. The summed E-state index contributed by atoms with van der Waals surface area (Å²) in [5.74, 6) is -0.0423. The van der Waals surface area contributed by atoms with Crippen LogP contribution in [0.15, 0.2) is 71.8 Å². The molecule has 0 fully saturated rings. The highest BCUT2D eigenvalue weighted by atomic mass is 32.2. The zero-order valence-electron chi connectivity index (χ0n) is 20.0. The van der Waals surface area contributed by atoms with Crippen molar-refractivity contribution in [2.24, 2.45) is 0 Å². The van der Waals surface area contributed by atoms with Crippen molar-refractivity contribution in [3.63, 3.8) is 0 Å². The average molecular weight is 477 g/mol. The predicted octanol–water partition coefficient (Wildman–Crippen LogP) is 5.39. The summed E-state index contributed by atoms with van der Waals surface area (Å²) >= 11 is 1.65. The molecule has 0 radical (unpaired) electrons. The molecule has 0 spiro atoms. The standard InChI is InChI=1S/C27H32N4O2S/c1-4-15-30(27(33)28-22-11-13-23(34-3)14-12-22)19-25(32)31-18-17-29-16-5-6-24(29)26(31)21-9-7-20(2)8-10-21/h5-14,16,26H,4,15,17-19H2,1-3H3,(H,28,33). The van der Waals surface area contributed by atoms with E-state index in [1.54, 1.807) is 16.7 Å². The van der Waals surface area contributed by atoms with E-state index in [1.807, 2.05) is 48.4 Å². The molecule has 3 aromatic rings. The van der Waals surface area contributed by atoms with Crippen molar-refractivity contribution >= 4 is 29.4 Å². The van der Waals surface area contributed by atoms with Gasteiger partial charge in [0.05, 0.1) is 6.04 Å². The quantitative estimate of drug-likeness (QED) is 0.465. The van der Waals surface area contributed by atoms with Gasteiger partial charge in [0.15, 0.2) is 0 Å². The number of anilines is 1. The Bertz CT molecular complexity index is 1120. The summed E-state index contributed by atoms with van der Waals surface area (Å²) in [5, 5.41) is 2.95. The second-order valence-corrected chi connectivity index (χ2v) is 9.49. The molecular weight excluding hydrogens is 444 g/mol. The zero-order chi connectivity index (χ0) is 24.1. The summed E-state index contributed by atoms with van der Waals surface area (Å²) in [4.78, 5) is 31.3. The van der Waals surface area contributed by atoms with E-state index in [0.29, 0.717) is 13.1 Å². The van der Waals surface area contributed by atoms with Crippen LogP contribution in [0.25, 0.3) is 0 Å². The second kappa shape index (κ2) is 10.8. The Kier molecular flexibility index (Phi) is 7.63. The molecule has 1 aromatic heterocycles. The number of rotatable bonds is 7. The maximum atomic E-state index is 13.6. The van der Waals surface area contributed by atoms with Crippen molar-refractivity contribution in [1.29, 1.82) is 0 Å². The van der Waals surface area contributed by atoms with Crippen LogP contribution in [0.3, 0.4) is 0 Å². The third kappa shape index (κ3) is 5.30. The first-order valence-electron chi connectivity index (χ1n) is 11.7. The molecule has 1 unspecified atom stereocenters. The molecule has 178 valence electrons. The predicted molar refractivity (Wildman–Crippen MR) is 138 cm³/mol. The minimum Gasteiger partial charge on any atom is -0.348 e. The van der Waals surface area contributed by atoms with Crippen molar-refractivity contribution in [2.45, 2.75) is 37.8 Å². The Morgan fingerprint density at radius 2 is 1.79 bits per heavy atom. The van der Waals surface area contributed by atoms with Crippen LogP contribution in [0.5, 0.6) is 0 Å². The van der Waals surface area contributed by atoms with Gasteiger partial charge in [-0.2, -0.15) is 0 Å². The first kappa shape index (κ1) is 24.0. The summed E-state index contributed by atoms with van der Waals surface area (Å²) in [6, 6.07) is 19.8. The third-order valence-corrected chi connectivity index (χ3v) is 6.94. The Hall–Kier alpha value is -3.19. The Balaban J connectivity index is 1.52. The lowest BCUT2D eigenvalue weighted by atomic mass is 9.98. The van der Waals surface area contributed by atoms with Crippen LogP contribution < -0.4 is 5.32 Å². The molecule has 1 aliphatic rings.